The summed E-state index contributed by atoms with van der Waals surface area (Å²) in [4.78, 5) is 26.3. The molecular weight excluding hydrogens is 454 g/mol. The molecule has 8 nitrogen and oxygen atoms in total. The molecule has 1 fully saturated rings. The van der Waals surface area contributed by atoms with E-state index in [-0.39, 0.29) is 29.6 Å². The van der Waals surface area contributed by atoms with Crippen molar-refractivity contribution >= 4 is 27.6 Å². The maximum Gasteiger partial charge on any atom is 0.305 e. The zero-order chi connectivity index (χ0) is 24.4. The van der Waals surface area contributed by atoms with Gasteiger partial charge in [-0.15, -0.1) is 0 Å². The predicted octanol–water partition coefficient (Wildman–Crippen LogP) is 2.91. The third-order valence-electron chi connectivity index (χ3n) is 5.74. The number of esters is 1. The number of piperazine rings is 1. The number of ether oxygens (including phenoxy) is 1. The van der Waals surface area contributed by atoms with E-state index in [1.54, 1.807) is 12.1 Å². The van der Waals surface area contributed by atoms with Gasteiger partial charge in [0.25, 0.3) is 0 Å². The number of hydrogen-bond acceptors (Lipinski definition) is 6. The summed E-state index contributed by atoms with van der Waals surface area (Å²) in [6, 6.07) is 16.2. The van der Waals surface area contributed by atoms with Gasteiger partial charge in [0.15, 0.2) is 0 Å². The molecule has 0 saturated carbocycles. The zero-order valence-electron chi connectivity index (χ0n) is 19.6. The molecule has 0 bridgehead atoms. The summed E-state index contributed by atoms with van der Waals surface area (Å²) in [5.74, 6) is -0.536. The van der Waals surface area contributed by atoms with Crippen LogP contribution in [0.4, 0.5) is 5.69 Å². The van der Waals surface area contributed by atoms with Crippen molar-refractivity contribution in [3.05, 3.63) is 60.2 Å². The Morgan fingerprint density at radius 3 is 2.26 bits per heavy atom. The van der Waals surface area contributed by atoms with Crippen LogP contribution in [-0.2, 0) is 30.8 Å². The first-order valence-electron chi connectivity index (χ1n) is 11.6. The molecule has 3 rings (SSSR count). The number of benzene rings is 2. The molecule has 1 heterocycles. The number of carbonyl (C=O) groups excluding carboxylic acids is 2. The summed E-state index contributed by atoms with van der Waals surface area (Å²) in [5.41, 5.74) is 1.73. The Morgan fingerprint density at radius 2 is 1.59 bits per heavy atom. The van der Waals surface area contributed by atoms with E-state index < -0.39 is 10.0 Å². The molecule has 9 heteroatoms. The molecule has 0 atom stereocenters. The Kier molecular flexibility index (Phi) is 9.62. The van der Waals surface area contributed by atoms with Gasteiger partial charge in [-0.25, -0.2) is 8.42 Å². The van der Waals surface area contributed by atoms with E-state index in [1.807, 2.05) is 37.4 Å². The molecule has 2 aromatic carbocycles. The van der Waals surface area contributed by atoms with E-state index >= 15 is 0 Å². The molecule has 1 aliphatic heterocycles. The lowest BCUT2D eigenvalue weighted by Crippen LogP contribution is -2.46. The third kappa shape index (κ3) is 7.93. The van der Waals surface area contributed by atoms with Crippen LogP contribution >= 0.6 is 0 Å². The molecule has 1 saturated heterocycles. The normalized spacial score (nSPS) is 15.1. The van der Waals surface area contributed by atoms with Crippen LogP contribution in [0.2, 0.25) is 0 Å². The second-order valence-electron chi connectivity index (χ2n) is 8.44. The fourth-order valence-corrected chi connectivity index (χ4v) is 5.11. The highest BCUT2D eigenvalue weighted by molar-refractivity contribution is 7.89. The first-order chi connectivity index (χ1) is 16.3. The highest BCUT2D eigenvalue weighted by Gasteiger charge is 2.27. The van der Waals surface area contributed by atoms with Gasteiger partial charge in [-0.05, 0) is 56.1 Å². The second-order valence-corrected chi connectivity index (χ2v) is 10.4. The van der Waals surface area contributed by atoms with Crippen LogP contribution in [0.15, 0.2) is 59.5 Å². The molecule has 0 radical (unpaired) electrons. The van der Waals surface area contributed by atoms with E-state index in [2.05, 4.69) is 10.2 Å². The van der Waals surface area contributed by atoms with Crippen molar-refractivity contribution in [1.82, 2.24) is 9.21 Å². The Morgan fingerprint density at radius 1 is 0.912 bits per heavy atom. The topological polar surface area (TPSA) is 96.0 Å². The van der Waals surface area contributed by atoms with Gasteiger partial charge >= 0.3 is 5.97 Å². The largest absolute Gasteiger partial charge is 0.466 e. The van der Waals surface area contributed by atoms with Crippen LogP contribution in [0.25, 0.3) is 0 Å². The smallest absolute Gasteiger partial charge is 0.305 e. The van der Waals surface area contributed by atoms with Gasteiger partial charge in [-0.3, -0.25) is 9.59 Å². The summed E-state index contributed by atoms with van der Waals surface area (Å²) < 4.78 is 32.3. The Bertz CT molecular complexity index is 1030. The maximum absolute atomic E-state index is 12.8. The van der Waals surface area contributed by atoms with E-state index in [0.29, 0.717) is 44.9 Å². The number of nitrogens with zero attached hydrogens (tertiary/aromatic N) is 2. The summed E-state index contributed by atoms with van der Waals surface area (Å²) in [6.45, 7) is 2.70. The molecule has 0 unspecified atom stereocenters. The minimum atomic E-state index is -3.54. The highest BCUT2D eigenvalue weighted by atomic mass is 32.2. The minimum Gasteiger partial charge on any atom is -0.466 e. The average molecular weight is 488 g/mol. The number of rotatable bonds is 11. The van der Waals surface area contributed by atoms with Crippen molar-refractivity contribution in [2.45, 2.75) is 37.0 Å². The lowest BCUT2D eigenvalue weighted by atomic mass is 10.1. The van der Waals surface area contributed by atoms with E-state index in [1.165, 1.54) is 22.0 Å². The minimum absolute atomic E-state index is 0.181. The average Bonchev–Trinajstić information content (AvgIpc) is 2.83. The van der Waals surface area contributed by atoms with Crippen LogP contribution in [-0.4, -0.2) is 69.3 Å². The van der Waals surface area contributed by atoms with Gasteiger partial charge in [-0.2, -0.15) is 4.31 Å². The molecule has 34 heavy (non-hydrogen) atoms. The van der Waals surface area contributed by atoms with E-state index in [9.17, 15) is 18.0 Å². The molecule has 184 valence electrons. The number of amides is 1. The molecular formula is C25H33N3O5S. The fourth-order valence-electron chi connectivity index (χ4n) is 3.68. The van der Waals surface area contributed by atoms with Crippen LogP contribution in [0, 0.1) is 0 Å². The molecule has 2 aromatic rings. The second kappa shape index (κ2) is 12.6. The zero-order valence-corrected chi connectivity index (χ0v) is 20.4. The lowest BCUT2D eigenvalue weighted by Gasteiger charge is -2.31. The van der Waals surface area contributed by atoms with Gasteiger partial charge in [-0.1, -0.05) is 30.3 Å². The monoisotopic (exact) mass is 487 g/mol. The molecule has 0 aromatic heterocycles. The number of aryl methyl sites for hydroxylation is 1. The molecule has 1 N–H and O–H groups in total. The Labute approximate surface area is 201 Å². The predicted molar refractivity (Wildman–Crippen MR) is 131 cm³/mol. The third-order valence-corrected chi connectivity index (χ3v) is 7.65. The van der Waals surface area contributed by atoms with Crippen molar-refractivity contribution in [3.63, 3.8) is 0 Å². The molecule has 1 aliphatic rings. The standard InChI is InChI=1S/C25H33N3O5S/c1-27-16-18-28(19-17-27)34(31,32)23-14-12-22(13-15-23)26-24(29)10-5-11-25(30)33-20-6-9-21-7-3-2-4-8-21/h2-4,7-8,12-15H,5-6,9-11,16-20H2,1H3,(H,26,29). The fraction of sp³-hybridized carbons (Fsp3) is 0.440. The van der Waals surface area contributed by atoms with Crippen molar-refractivity contribution < 1.29 is 22.7 Å². The molecule has 1 amide bonds. The molecule has 0 spiro atoms. The summed E-state index contributed by atoms with van der Waals surface area (Å²) >= 11 is 0. The van der Waals surface area contributed by atoms with Crippen LogP contribution in [0.5, 0.6) is 0 Å². The van der Waals surface area contributed by atoms with E-state index in [4.69, 9.17) is 4.74 Å². The number of likely N-dealkylation sites (N-methyl/N-ethyl adjacent to an activating group) is 1. The summed E-state index contributed by atoms with van der Waals surface area (Å²) in [5, 5.41) is 2.74. The number of hydrogen-bond donors (Lipinski definition) is 1. The van der Waals surface area contributed by atoms with Gasteiger partial charge in [0.1, 0.15) is 0 Å². The lowest BCUT2D eigenvalue weighted by molar-refractivity contribution is -0.143. The van der Waals surface area contributed by atoms with E-state index in [0.717, 1.165) is 12.8 Å². The first-order valence-corrected chi connectivity index (χ1v) is 13.1. The Balaban J connectivity index is 1.34. The first kappa shape index (κ1) is 25.9. The van der Waals surface area contributed by atoms with Crippen LogP contribution < -0.4 is 5.32 Å². The summed E-state index contributed by atoms with van der Waals surface area (Å²) in [6.07, 6.45) is 2.36. The summed E-state index contributed by atoms with van der Waals surface area (Å²) in [7, 11) is -1.57. The van der Waals surface area contributed by atoms with Crippen molar-refractivity contribution in [3.8, 4) is 0 Å². The van der Waals surface area contributed by atoms with Gasteiger partial charge in [0.05, 0.1) is 11.5 Å². The molecule has 0 aliphatic carbocycles. The highest BCUT2D eigenvalue weighted by Crippen LogP contribution is 2.20. The van der Waals surface area contributed by atoms with Crippen LogP contribution in [0.3, 0.4) is 0 Å². The number of carbonyl (C=O) groups is 2. The number of nitrogens with one attached hydrogen (secondary N) is 1. The van der Waals surface area contributed by atoms with Crippen LogP contribution in [0.1, 0.15) is 31.2 Å². The van der Waals surface area contributed by atoms with Crippen molar-refractivity contribution in [2.75, 3.05) is 45.2 Å². The SMILES string of the molecule is CN1CCN(S(=O)(=O)c2ccc(NC(=O)CCCC(=O)OCCCc3ccccc3)cc2)CC1. The van der Waals surface area contributed by atoms with Gasteiger partial charge < -0.3 is 15.0 Å². The van der Waals surface area contributed by atoms with Gasteiger partial charge in [0.2, 0.25) is 15.9 Å². The Hall–Kier alpha value is -2.75. The van der Waals surface area contributed by atoms with Crippen molar-refractivity contribution in [2.24, 2.45) is 0 Å². The quantitative estimate of drug-likeness (QED) is 0.387. The maximum atomic E-state index is 12.8. The number of sulfonamides is 1. The van der Waals surface area contributed by atoms with Gasteiger partial charge in [0, 0.05) is 44.7 Å². The number of anilines is 1. The van der Waals surface area contributed by atoms with Crippen molar-refractivity contribution in [1.29, 1.82) is 0 Å².